The molecule has 2 aromatic heterocycles. The van der Waals surface area contributed by atoms with Gasteiger partial charge in [-0.25, -0.2) is 4.24 Å². The summed E-state index contributed by atoms with van der Waals surface area (Å²) in [5.41, 5.74) is 3.70. The van der Waals surface area contributed by atoms with Crippen molar-refractivity contribution in [2.75, 3.05) is 6.61 Å². The molecule has 1 aliphatic heterocycles. The molecular weight excluding hydrogens is 308 g/mol. The molecule has 0 bridgehead atoms. The first-order valence-electron chi connectivity index (χ1n) is 8.90. The molecule has 2 aliphatic rings. The molecule has 0 unspecified atom stereocenters. The number of ether oxygens (including phenoxy) is 1. The van der Waals surface area contributed by atoms with Crippen LogP contribution in [0.2, 0.25) is 0 Å². The highest BCUT2D eigenvalue weighted by atomic mass is 16.5. The Kier molecular flexibility index (Phi) is 3.20. The number of nitrogens with zero attached hydrogens (tertiary/aromatic N) is 2. The monoisotopic (exact) mass is 328 g/mol. The Labute approximate surface area is 146 Å². The first-order valence-corrected chi connectivity index (χ1v) is 8.90. The highest BCUT2D eigenvalue weighted by molar-refractivity contribution is 5.83. The summed E-state index contributed by atoms with van der Waals surface area (Å²) in [5, 5.41) is 2.58. The maximum atomic E-state index is 6.06. The van der Waals surface area contributed by atoms with Gasteiger partial charge in [0, 0.05) is 17.0 Å². The quantitative estimate of drug-likeness (QED) is 0.534. The summed E-state index contributed by atoms with van der Waals surface area (Å²) in [6, 6.07) is 8.61. The zero-order valence-electron chi connectivity index (χ0n) is 14.3. The van der Waals surface area contributed by atoms with E-state index in [1.165, 1.54) is 33.3 Å². The summed E-state index contributed by atoms with van der Waals surface area (Å²) in [4.78, 5) is 0. The van der Waals surface area contributed by atoms with E-state index in [-0.39, 0.29) is 0 Å². The molecule has 124 valence electrons. The molecule has 0 fully saturated rings. The fourth-order valence-electron chi connectivity index (χ4n) is 3.85. The predicted octanol–water partition coefficient (Wildman–Crippen LogP) is 2.62. The van der Waals surface area contributed by atoms with E-state index >= 15 is 0 Å². The van der Waals surface area contributed by atoms with Crippen molar-refractivity contribution in [1.82, 2.24) is 0 Å². The van der Waals surface area contributed by atoms with Crippen molar-refractivity contribution in [3.05, 3.63) is 77.7 Å². The summed E-state index contributed by atoms with van der Waals surface area (Å²) in [6.45, 7) is 2.85. The summed E-state index contributed by atoms with van der Waals surface area (Å²) >= 11 is 0. The van der Waals surface area contributed by atoms with Gasteiger partial charge in [-0.05, 0) is 12.8 Å². The molecule has 0 saturated carbocycles. The molecule has 3 nitrogen and oxygen atoms in total. The van der Waals surface area contributed by atoms with Gasteiger partial charge in [-0.2, -0.15) is 0 Å². The minimum atomic E-state index is 0.719. The lowest BCUT2D eigenvalue weighted by Crippen LogP contribution is -2.35. The Morgan fingerprint density at radius 2 is 2.12 bits per heavy atom. The highest BCUT2D eigenvalue weighted by Crippen LogP contribution is 2.26. The van der Waals surface area contributed by atoms with Crippen LogP contribution in [0.4, 0.5) is 0 Å². The zero-order valence-corrected chi connectivity index (χ0v) is 14.3. The smallest absolute Gasteiger partial charge is 0.364 e. The Morgan fingerprint density at radius 1 is 1.20 bits per heavy atom. The molecule has 25 heavy (non-hydrogen) atoms. The fourth-order valence-corrected chi connectivity index (χ4v) is 3.85. The molecular formula is C22H20N2O. The van der Waals surface area contributed by atoms with Crippen molar-refractivity contribution >= 4 is 22.6 Å². The van der Waals surface area contributed by atoms with Crippen LogP contribution in [0.1, 0.15) is 25.3 Å². The van der Waals surface area contributed by atoms with Gasteiger partial charge < -0.3 is 4.74 Å². The Hall–Kier alpha value is -2.94. The average Bonchev–Trinajstić information content (AvgIpc) is 2.99. The highest BCUT2D eigenvalue weighted by Gasteiger charge is 2.26. The molecule has 0 amide bonds. The van der Waals surface area contributed by atoms with Crippen molar-refractivity contribution in [3.63, 3.8) is 0 Å². The van der Waals surface area contributed by atoms with Crippen molar-refractivity contribution in [2.24, 2.45) is 0 Å². The van der Waals surface area contributed by atoms with Gasteiger partial charge >= 0.3 is 11.5 Å². The molecule has 0 atom stereocenters. The van der Waals surface area contributed by atoms with Gasteiger partial charge in [-0.1, -0.05) is 42.5 Å². The second-order valence-electron chi connectivity index (χ2n) is 6.52. The number of rotatable bonds is 3. The van der Waals surface area contributed by atoms with E-state index in [1.54, 1.807) is 0 Å². The van der Waals surface area contributed by atoms with E-state index in [9.17, 15) is 0 Å². The summed E-state index contributed by atoms with van der Waals surface area (Å²) in [5.74, 6) is 2.24. The third-order valence-electron chi connectivity index (χ3n) is 4.92. The van der Waals surface area contributed by atoms with E-state index in [4.69, 9.17) is 4.74 Å². The number of imidazole rings is 1. The van der Waals surface area contributed by atoms with Crippen LogP contribution in [0.5, 0.6) is 5.88 Å². The number of pyridine rings is 1. The summed E-state index contributed by atoms with van der Waals surface area (Å²) in [6.07, 6.45) is 17.1. The van der Waals surface area contributed by atoms with E-state index in [0.717, 1.165) is 25.3 Å². The summed E-state index contributed by atoms with van der Waals surface area (Å²) < 4.78 is 10.5. The standard InChI is InChI=1S/C22H20N2O/c1-2-14-25-20-15-24-19-12-4-3-10-17(19)18-11-7-9-16-8-5-6-13-23(20)22(24)21(16)18/h3-7,9-13,15H,2,8,14H2,1H3. The van der Waals surface area contributed by atoms with Gasteiger partial charge in [0.1, 0.15) is 0 Å². The molecule has 1 aromatic carbocycles. The minimum absolute atomic E-state index is 0.719. The van der Waals surface area contributed by atoms with Crippen LogP contribution in [0.3, 0.4) is 0 Å². The van der Waals surface area contributed by atoms with Crippen LogP contribution in [-0.2, 0) is 0 Å². The maximum absolute atomic E-state index is 6.06. The maximum Gasteiger partial charge on any atom is 0.364 e. The lowest BCUT2D eigenvalue weighted by molar-refractivity contribution is -0.568. The van der Waals surface area contributed by atoms with Gasteiger partial charge in [0.25, 0.3) is 0 Å². The van der Waals surface area contributed by atoms with Gasteiger partial charge in [0.15, 0.2) is 0 Å². The van der Waals surface area contributed by atoms with Crippen LogP contribution < -0.4 is 18.6 Å². The Balaban J connectivity index is 2.02. The lowest BCUT2D eigenvalue weighted by atomic mass is 9.89. The second kappa shape index (κ2) is 5.55. The largest absolute Gasteiger partial charge is 0.497 e. The summed E-state index contributed by atoms with van der Waals surface area (Å²) in [7, 11) is 0. The molecule has 0 N–H and O–H groups in total. The fraction of sp³-hybridized carbons (Fsp3) is 0.182. The predicted molar refractivity (Wildman–Crippen MR) is 97.7 cm³/mol. The molecule has 3 aromatic rings. The van der Waals surface area contributed by atoms with E-state index < -0.39 is 0 Å². The molecule has 3 heteroatoms. The normalized spacial score (nSPS) is 15.0. The van der Waals surface area contributed by atoms with E-state index in [2.05, 4.69) is 82.6 Å². The molecule has 0 saturated heterocycles. The number of benzene rings is 1. The van der Waals surface area contributed by atoms with Crippen molar-refractivity contribution in [2.45, 2.75) is 19.8 Å². The van der Waals surface area contributed by atoms with E-state index in [1.807, 2.05) is 0 Å². The number of allylic oxidation sites excluding steroid dienone is 4. The molecule has 0 radical (unpaired) electrons. The average molecular weight is 328 g/mol. The van der Waals surface area contributed by atoms with Crippen molar-refractivity contribution in [1.29, 1.82) is 0 Å². The second-order valence-corrected chi connectivity index (χ2v) is 6.52. The Morgan fingerprint density at radius 3 is 3.04 bits per heavy atom. The third kappa shape index (κ3) is 2.05. The molecule has 1 aliphatic carbocycles. The topological polar surface area (TPSA) is 19.2 Å². The van der Waals surface area contributed by atoms with Crippen molar-refractivity contribution < 1.29 is 13.4 Å². The zero-order chi connectivity index (χ0) is 16.8. The van der Waals surface area contributed by atoms with Crippen LogP contribution >= 0.6 is 0 Å². The van der Waals surface area contributed by atoms with E-state index in [0.29, 0.717) is 0 Å². The van der Waals surface area contributed by atoms with Crippen LogP contribution in [0.15, 0.2) is 54.8 Å². The van der Waals surface area contributed by atoms with Gasteiger partial charge in [0.2, 0.25) is 11.7 Å². The number of fused-ring (bicyclic) bond motifs is 3. The SMILES string of the molecule is CCCO[c-]1c[n+]2c3ccccc3c3c4c2[n+]1=CC=CC[C-]4C=CC=3. The lowest BCUT2D eigenvalue weighted by Gasteiger charge is -2.21. The number of aromatic nitrogens is 2. The number of hydrogen-bond acceptors (Lipinski definition) is 1. The van der Waals surface area contributed by atoms with Gasteiger partial charge in [0.05, 0.1) is 12.8 Å². The molecule has 5 rings (SSSR count). The first kappa shape index (κ1) is 14.4. The van der Waals surface area contributed by atoms with Crippen LogP contribution in [0.25, 0.3) is 22.6 Å². The molecule has 3 heterocycles. The number of para-hydroxylation sites is 1. The minimum Gasteiger partial charge on any atom is -0.497 e. The van der Waals surface area contributed by atoms with Gasteiger partial charge in [-0.3, -0.25) is 0 Å². The van der Waals surface area contributed by atoms with Crippen LogP contribution in [0, 0.1) is 12.1 Å². The first-order chi connectivity index (χ1) is 12.4. The van der Waals surface area contributed by atoms with Crippen molar-refractivity contribution in [3.8, 4) is 5.88 Å². The van der Waals surface area contributed by atoms with Crippen LogP contribution in [-0.4, -0.2) is 6.61 Å². The van der Waals surface area contributed by atoms with Gasteiger partial charge in [-0.15, -0.1) is 28.5 Å². The number of hydrogen-bond donors (Lipinski definition) is 0. The Bertz CT molecular complexity index is 1160. The third-order valence-corrected chi connectivity index (χ3v) is 4.92. The molecule has 0 spiro atoms.